The van der Waals surface area contributed by atoms with Crippen LogP contribution in [0, 0.1) is 50.7 Å². The number of allylic oxidation sites excluding steroid dienone is 1. The molecule has 2 unspecified atom stereocenters. The van der Waals surface area contributed by atoms with Gasteiger partial charge in [-0.05, 0) is 43.2 Å². The average Bonchev–Trinajstić information content (AvgIpc) is 2.78. The van der Waals surface area contributed by atoms with Gasteiger partial charge in [-0.3, -0.25) is 0 Å². The molecule has 1 saturated heterocycles. The summed E-state index contributed by atoms with van der Waals surface area (Å²) in [6, 6.07) is 11.7. The maximum absolute atomic E-state index is 10.2. The molecule has 1 aromatic carbocycles. The number of fused-ring (bicyclic) bond motifs is 1. The number of likely N-dealkylation sites (tertiary alicyclic amines) is 1. The first-order chi connectivity index (χ1) is 14.5. The van der Waals surface area contributed by atoms with E-state index in [1.165, 1.54) is 0 Å². The quantitative estimate of drug-likeness (QED) is 0.805. The normalized spacial score (nSPS) is 23.0. The lowest BCUT2D eigenvalue weighted by Crippen LogP contribution is -2.50. The van der Waals surface area contributed by atoms with E-state index in [0.29, 0.717) is 30.0 Å². The lowest BCUT2D eigenvalue weighted by molar-refractivity contribution is 0.180. The molecule has 2 atom stereocenters. The van der Waals surface area contributed by atoms with Gasteiger partial charge >= 0.3 is 0 Å². The molecular formula is C23H25N5O2. The number of nitriles is 3. The van der Waals surface area contributed by atoms with Crippen LogP contribution in [0.5, 0.6) is 11.5 Å². The van der Waals surface area contributed by atoms with E-state index in [-0.39, 0.29) is 17.2 Å². The van der Waals surface area contributed by atoms with Gasteiger partial charge in [-0.25, -0.2) is 0 Å². The standard InChI is InChI=1S/C23H25N5O2/c1-4-8-28-9-7-16-18(11-24)22(27)23(13-25,14-26)21(19(16)12-28)17-10-15(29-2)5-6-20(17)30-3/h5-6,10,19,21,27H,4,7-9,12H2,1-3H3. The Bertz CT molecular complexity index is 994. The van der Waals surface area contributed by atoms with Crippen molar-refractivity contribution in [2.75, 3.05) is 33.9 Å². The fraction of sp³-hybridized carbons (Fsp3) is 0.478. The summed E-state index contributed by atoms with van der Waals surface area (Å²) < 4.78 is 11.0. The van der Waals surface area contributed by atoms with Gasteiger partial charge in [-0.2, -0.15) is 15.8 Å². The van der Waals surface area contributed by atoms with E-state index < -0.39 is 11.3 Å². The molecular weight excluding hydrogens is 378 g/mol. The SMILES string of the molecule is CCCN1CCC2=C(C#N)C(=N)C(C#N)(C#N)C(c3cc(OC)ccc3OC)C2C1. The van der Waals surface area contributed by atoms with Crippen LogP contribution < -0.4 is 9.47 Å². The topological polar surface area (TPSA) is 117 Å². The van der Waals surface area contributed by atoms with Crippen LogP contribution in [0.15, 0.2) is 29.3 Å². The average molecular weight is 403 g/mol. The summed E-state index contributed by atoms with van der Waals surface area (Å²) in [6.07, 6.45) is 1.63. The van der Waals surface area contributed by atoms with Gasteiger partial charge in [0.25, 0.3) is 0 Å². The van der Waals surface area contributed by atoms with Crippen LogP contribution in [0.1, 0.15) is 31.2 Å². The zero-order valence-electron chi connectivity index (χ0n) is 17.5. The predicted octanol–water partition coefficient (Wildman–Crippen LogP) is 3.41. The highest BCUT2D eigenvalue weighted by molar-refractivity contribution is 6.11. The van der Waals surface area contributed by atoms with Gasteiger partial charge in [-0.1, -0.05) is 6.92 Å². The number of benzene rings is 1. The molecule has 1 aliphatic carbocycles. The van der Waals surface area contributed by atoms with Crippen LogP contribution in [0.2, 0.25) is 0 Å². The van der Waals surface area contributed by atoms with E-state index >= 15 is 0 Å². The molecule has 7 nitrogen and oxygen atoms in total. The minimum Gasteiger partial charge on any atom is -0.497 e. The third-order valence-corrected chi connectivity index (χ3v) is 6.21. The Labute approximate surface area is 177 Å². The van der Waals surface area contributed by atoms with Crippen LogP contribution in [0.4, 0.5) is 0 Å². The number of methoxy groups -OCH3 is 2. The van der Waals surface area contributed by atoms with Gasteiger partial charge < -0.3 is 19.8 Å². The Hall–Kier alpha value is -3.34. The second-order valence-electron chi connectivity index (χ2n) is 7.66. The summed E-state index contributed by atoms with van der Waals surface area (Å²) in [7, 11) is 3.10. The first-order valence-corrected chi connectivity index (χ1v) is 10.0. The molecule has 0 saturated carbocycles. The highest BCUT2D eigenvalue weighted by Gasteiger charge is 2.56. The molecule has 0 spiro atoms. The molecule has 30 heavy (non-hydrogen) atoms. The number of ether oxygens (including phenoxy) is 2. The van der Waals surface area contributed by atoms with Crippen molar-refractivity contribution >= 4 is 5.71 Å². The van der Waals surface area contributed by atoms with E-state index in [1.807, 2.05) is 0 Å². The number of nitrogens with zero attached hydrogens (tertiary/aromatic N) is 4. The fourth-order valence-electron chi connectivity index (χ4n) is 4.83. The summed E-state index contributed by atoms with van der Waals surface area (Å²) in [6.45, 7) is 4.43. The van der Waals surface area contributed by atoms with Crippen LogP contribution in [0.25, 0.3) is 0 Å². The molecule has 1 aromatic rings. The zero-order chi connectivity index (χ0) is 21.9. The van der Waals surface area contributed by atoms with Gasteiger partial charge in [0.2, 0.25) is 0 Å². The van der Waals surface area contributed by atoms with Crippen molar-refractivity contribution in [2.45, 2.75) is 25.7 Å². The number of hydrogen-bond donors (Lipinski definition) is 1. The van der Waals surface area contributed by atoms with E-state index in [0.717, 1.165) is 25.1 Å². The Morgan fingerprint density at radius 2 is 1.93 bits per heavy atom. The van der Waals surface area contributed by atoms with Gasteiger partial charge in [0.15, 0.2) is 5.41 Å². The maximum atomic E-state index is 10.2. The predicted molar refractivity (Wildman–Crippen MR) is 111 cm³/mol. The molecule has 0 bridgehead atoms. The summed E-state index contributed by atoms with van der Waals surface area (Å²) in [5, 5.41) is 38.9. The summed E-state index contributed by atoms with van der Waals surface area (Å²) in [5.41, 5.74) is -0.278. The summed E-state index contributed by atoms with van der Waals surface area (Å²) in [5.74, 6) is 0.238. The lowest BCUT2D eigenvalue weighted by Gasteiger charge is -2.46. The Morgan fingerprint density at radius 3 is 2.50 bits per heavy atom. The van der Waals surface area contributed by atoms with Gasteiger partial charge in [-0.15, -0.1) is 0 Å². The largest absolute Gasteiger partial charge is 0.497 e. The molecule has 154 valence electrons. The monoisotopic (exact) mass is 403 g/mol. The third-order valence-electron chi connectivity index (χ3n) is 6.21. The molecule has 0 aromatic heterocycles. The summed E-state index contributed by atoms with van der Waals surface area (Å²) in [4.78, 5) is 2.30. The Kier molecular flexibility index (Phi) is 6.11. The van der Waals surface area contributed by atoms with Crippen molar-refractivity contribution in [1.82, 2.24) is 4.90 Å². The van der Waals surface area contributed by atoms with Crippen LogP contribution in [-0.2, 0) is 0 Å². The Balaban J connectivity index is 2.31. The highest BCUT2D eigenvalue weighted by Crippen LogP contribution is 2.54. The van der Waals surface area contributed by atoms with Crippen molar-refractivity contribution in [3.8, 4) is 29.7 Å². The molecule has 3 rings (SSSR count). The fourth-order valence-corrected chi connectivity index (χ4v) is 4.83. The van der Waals surface area contributed by atoms with Crippen molar-refractivity contribution in [2.24, 2.45) is 11.3 Å². The Morgan fingerprint density at radius 1 is 1.20 bits per heavy atom. The van der Waals surface area contributed by atoms with Crippen LogP contribution in [-0.4, -0.2) is 44.5 Å². The third kappa shape index (κ3) is 3.20. The number of rotatable bonds is 5. The second kappa shape index (κ2) is 8.57. The molecule has 0 radical (unpaired) electrons. The first-order valence-electron chi connectivity index (χ1n) is 10.0. The molecule has 1 N–H and O–H groups in total. The van der Waals surface area contributed by atoms with Crippen molar-refractivity contribution in [3.05, 3.63) is 34.9 Å². The van der Waals surface area contributed by atoms with Crippen molar-refractivity contribution in [1.29, 1.82) is 21.2 Å². The maximum Gasteiger partial charge on any atom is 0.193 e. The second-order valence-corrected chi connectivity index (χ2v) is 7.66. The van der Waals surface area contributed by atoms with E-state index in [9.17, 15) is 15.8 Å². The van der Waals surface area contributed by atoms with E-state index in [1.54, 1.807) is 32.4 Å². The van der Waals surface area contributed by atoms with Crippen LogP contribution in [0.3, 0.4) is 0 Å². The zero-order valence-corrected chi connectivity index (χ0v) is 17.5. The molecule has 2 aliphatic rings. The van der Waals surface area contributed by atoms with Gasteiger partial charge in [0.1, 0.15) is 17.6 Å². The van der Waals surface area contributed by atoms with Crippen molar-refractivity contribution in [3.63, 3.8) is 0 Å². The number of hydrogen-bond acceptors (Lipinski definition) is 7. The molecule has 1 heterocycles. The minimum atomic E-state index is -1.78. The molecule has 7 heteroatoms. The first kappa shape index (κ1) is 21.4. The van der Waals surface area contributed by atoms with Crippen molar-refractivity contribution < 1.29 is 9.47 Å². The van der Waals surface area contributed by atoms with Gasteiger partial charge in [0, 0.05) is 30.5 Å². The highest BCUT2D eigenvalue weighted by atomic mass is 16.5. The number of piperidine rings is 1. The smallest absolute Gasteiger partial charge is 0.193 e. The molecule has 0 amide bonds. The van der Waals surface area contributed by atoms with E-state index in [4.69, 9.17) is 14.9 Å². The molecule has 1 fully saturated rings. The van der Waals surface area contributed by atoms with Crippen LogP contribution >= 0.6 is 0 Å². The minimum absolute atomic E-state index is 0.192. The number of nitrogens with one attached hydrogen (secondary N) is 1. The molecule has 1 aliphatic heterocycles. The summed E-state index contributed by atoms with van der Waals surface area (Å²) >= 11 is 0. The van der Waals surface area contributed by atoms with Gasteiger partial charge in [0.05, 0.1) is 37.6 Å². The lowest BCUT2D eigenvalue weighted by atomic mass is 9.56. The van der Waals surface area contributed by atoms with E-state index in [2.05, 4.69) is 30.0 Å².